The maximum Gasteiger partial charge on any atom is 0.338 e. The molecular formula is C20H23NO4. The average molecular weight is 341 g/mol. The van der Waals surface area contributed by atoms with Crippen molar-refractivity contribution in [1.82, 2.24) is 0 Å². The molecule has 1 N–H and O–H groups in total. The summed E-state index contributed by atoms with van der Waals surface area (Å²) < 4.78 is 10.2. The minimum Gasteiger partial charge on any atom is -0.497 e. The first-order chi connectivity index (χ1) is 12.1. The minimum atomic E-state index is -0.349. The molecule has 0 spiro atoms. The van der Waals surface area contributed by atoms with Crippen molar-refractivity contribution in [2.24, 2.45) is 0 Å². The van der Waals surface area contributed by atoms with Crippen molar-refractivity contribution in [1.29, 1.82) is 0 Å². The van der Waals surface area contributed by atoms with Crippen molar-refractivity contribution in [2.45, 2.75) is 26.2 Å². The fourth-order valence-electron chi connectivity index (χ4n) is 2.28. The molecule has 2 aromatic carbocycles. The second-order valence-corrected chi connectivity index (χ2v) is 5.61. The molecule has 1 amide bonds. The molecule has 0 atom stereocenters. The fourth-order valence-corrected chi connectivity index (χ4v) is 2.28. The van der Waals surface area contributed by atoms with Gasteiger partial charge in [-0.05, 0) is 54.8 Å². The Labute approximate surface area is 148 Å². The highest BCUT2D eigenvalue weighted by molar-refractivity contribution is 5.93. The zero-order valence-corrected chi connectivity index (χ0v) is 14.6. The Morgan fingerprint density at radius 1 is 1.08 bits per heavy atom. The standard InChI is InChI=1S/C20H23NO4/c1-3-13-25-20(23)16-8-10-17(11-9-16)21-19(22)12-7-15-5-4-6-18(14-15)24-2/h4-6,8-11,14H,3,7,12-13H2,1-2H3,(H,21,22). The van der Waals surface area contributed by atoms with E-state index < -0.39 is 0 Å². The number of rotatable bonds is 8. The average Bonchev–Trinajstić information content (AvgIpc) is 2.65. The van der Waals surface area contributed by atoms with E-state index in [2.05, 4.69) is 5.32 Å². The van der Waals surface area contributed by atoms with Gasteiger partial charge in [-0.3, -0.25) is 4.79 Å². The number of carbonyl (C=O) groups excluding carboxylic acids is 2. The van der Waals surface area contributed by atoms with Crippen LogP contribution >= 0.6 is 0 Å². The molecule has 132 valence electrons. The van der Waals surface area contributed by atoms with Crippen LogP contribution in [0, 0.1) is 0 Å². The van der Waals surface area contributed by atoms with E-state index >= 15 is 0 Å². The highest BCUT2D eigenvalue weighted by Crippen LogP contribution is 2.15. The largest absolute Gasteiger partial charge is 0.497 e. The summed E-state index contributed by atoms with van der Waals surface area (Å²) in [6.07, 6.45) is 1.78. The zero-order chi connectivity index (χ0) is 18.1. The predicted molar refractivity (Wildman–Crippen MR) is 97.0 cm³/mol. The lowest BCUT2D eigenvalue weighted by molar-refractivity contribution is -0.116. The lowest BCUT2D eigenvalue weighted by atomic mass is 10.1. The maximum absolute atomic E-state index is 12.1. The van der Waals surface area contributed by atoms with E-state index in [1.807, 2.05) is 31.2 Å². The lowest BCUT2D eigenvalue weighted by Crippen LogP contribution is -2.12. The van der Waals surface area contributed by atoms with Gasteiger partial charge in [0.05, 0.1) is 19.3 Å². The molecule has 2 rings (SSSR count). The summed E-state index contributed by atoms with van der Waals surface area (Å²) in [6, 6.07) is 14.4. The topological polar surface area (TPSA) is 64.6 Å². The number of benzene rings is 2. The highest BCUT2D eigenvalue weighted by atomic mass is 16.5. The summed E-state index contributed by atoms with van der Waals surface area (Å²) in [5, 5.41) is 2.83. The first kappa shape index (κ1) is 18.5. The van der Waals surface area contributed by atoms with Crippen LogP contribution in [0.2, 0.25) is 0 Å². The SMILES string of the molecule is CCCOC(=O)c1ccc(NC(=O)CCc2cccc(OC)c2)cc1. The van der Waals surface area contributed by atoms with Gasteiger partial charge in [-0.2, -0.15) is 0 Å². The monoisotopic (exact) mass is 341 g/mol. The first-order valence-corrected chi connectivity index (χ1v) is 8.32. The number of amides is 1. The van der Waals surface area contributed by atoms with E-state index in [0.29, 0.717) is 30.7 Å². The van der Waals surface area contributed by atoms with Crippen molar-refractivity contribution < 1.29 is 19.1 Å². The number of ether oxygens (including phenoxy) is 2. The van der Waals surface area contributed by atoms with Gasteiger partial charge in [0.1, 0.15) is 5.75 Å². The molecule has 2 aromatic rings. The van der Waals surface area contributed by atoms with E-state index in [1.165, 1.54) is 0 Å². The number of nitrogens with one attached hydrogen (secondary N) is 1. The second-order valence-electron chi connectivity index (χ2n) is 5.61. The normalized spacial score (nSPS) is 10.2. The minimum absolute atomic E-state index is 0.0795. The molecule has 25 heavy (non-hydrogen) atoms. The summed E-state index contributed by atoms with van der Waals surface area (Å²) in [5.74, 6) is 0.352. The molecule has 0 saturated carbocycles. The molecule has 0 unspecified atom stereocenters. The van der Waals surface area contributed by atoms with Crippen LogP contribution in [0.5, 0.6) is 5.75 Å². The van der Waals surface area contributed by atoms with Crippen LogP contribution in [0.3, 0.4) is 0 Å². The molecule has 0 saturated heterocycles. The van der Waals surface area contributed by atoms with E-state index in [1.54, 1.807) is 31.4 Å². The van der Waals surface area contributed by atoms with Gasteiger partial charge in [-0.15, -0.1) is 0 Å². The molecular weight excluding hydrogens is 318 g/mol. The quantitative estimate of drug-likeness (QED) is 0.741. The van der Waals surface area contributed by atoms with E-state index in [-0.39, 0.29) is 11.9 Å². The molecule has 0 bridgehead atoms. The Hall–Kier alpha value is -2.82. The maximum atomic E-state index is 12.1. The Morgan fingerprint density at radius 3 is 2.52 bits per heavy atom. The lowest BCUT2D eigenvalue weighted by Gasteiger charge is -2.07. The summed E-state index contributed by atoms with van der Waals surface area (Å²) in [6.45, 7) is 2.35. The van der Waals surface area contributed by atoms with Crippen LogP contribution in [-0.2, 0) is 16.0 Å². The Kier molecular flexibility index (Phi) is 7.01. The highest BCUT2D eigenvalue weighted by Gasteiger charge is 2.08. The number of esters is 1. The number of methoxy groups -OCH3 is 1. The van der Waals surface area contributed by atoms with Crippen molar-refractivity contribution in [3.8, 4) is 5.75 Å². The van der Waals surface area contributed by atoms with Crippen LogP contribution in [0.25, 0.3) is 0 Å². The number of hydrogen-bond acceptors (Lipinski definition) is 4. The van der Waals surface area contributed by atoms with Crippen molar-refractivity contribution >= 4 is 17.6 Å². The third-order valence-electron chi connectivity index (χ3n) is 3.62. The Morgan fingerprint density at radius 2 is 1.84 bits per heavy atom. The van der Waals surface area contributed by atoms with Gasteiger partial charge in [0.15, 0.2) is 0 Å². The van der Waals surface area contributed by atoms with Gasteiger partial charge in [0.25, 0.3) is 0 Å². The molecule has 0 fully saturated rings. The number of hydrogen-bond donors (Lipinski definition) is 1. The van der Waals surface area contributed by atoms with E-state index in [9.17, 15) is 9.59 Å². The Bertz CT molecular complexity index is 710. The van der Waals surface area contributed by atoms with Crippen molar-refractivity contribution in [3.05, 3.63) is 59.7 Å². The van der Waals surface area contributed by atoms with Gasteiger partial charge in [0, 0.05) is 12.1 Å². The molecule has 0 aliphatic rings. The van der Waals surface area contributed by atoms with Crippen LogP contribution < -0.4 is 10.1 Å². The molecule has 0 heterocycles. The van der Waals surface area contributed by atoms with Crippen LogP contribution in [-0.4, -0.2) is 25.6 Å². The van der Waals surface area contributed by atoms with Gasteiger partial charge < -0.3 is 14.8 Å². The summed E-state index contributed by atoms with van der Waals surface area (Å²) in [4.78, 5) is 23.8. The molecule has 0 aromatic heterocycles. The number of anilines is 1. The molecule has 0 radical (unpaired) electrons. The van der Waals surface area contributed by atoms with Gasteiger partial charge in [-0.25, -0.2) is 4.79 Å². The number of aryl methyl sites for hydroxylation is 1. The van der Waals surface area contributed by atoms with Gasteiger partial charge in [-0.1, -0.05) is 19.1 Å². The molecule has 0 aliphatic heterocycles. The zero-order valence-electron chi connectivity index (χ0n) is 14.6. The third-order valence-corrected chi connectivity index (χ3v) is 3.62. The third kappa shape index (κ3) is 5.95. The molecule has 5 nitrogen and oxygen atoms in total. The summed E-state index contributed by atoms with van der Waals surface area (Å²) in [5.41, 5.74) is 2.18. The van der Waals surface area contributed by atoms with Gasteiger partial charge in [0.2, 0.25) is 5.91 Å². The number of carbonyl (C=O) groups is 2. The van der Waals surface area contributed by atoms with Gasteiger partial charge >= 0.3 is 5.97 Å². The van der Waals surface area contributed by atoms with Crippen molar-refractivity contribution in [2.75, 3.05) is 19.0 Å². The Balaban J connectivity index is 1.84. The van der Waals surface area contributed by atoms with E-state index in [4.69, 9.17) is 9.47 Å². The van der Waals surface area contributed by atoms with Crippen LogP contribution in [0.4, 0.5) is 5.69 Å². The fraction of sp³-hybridized carbons (Fsp3) is 0.300. The van der Waals surface area contributed by atoms with Crippen LogP contribution in [0.15, 0.2) is 48.5 Å². The predicted octanol–water partition coefficient (Wildman–Crippen LogP) is 3.83. The first-order valence-electron chi connectivity index (χ1n) is 8.32. The van der Waals surface area contributed by atoms with E-state index in [0.717, 1.165) is 17.7 Å². The molecule has 0 aliphatic carbocycles. The smallest absolute Gasteiger partial charge is 0.338 e. The molecule has 5 heteroatoms. The second kappa shape index (κ2) is 9.47. The van der Waals surface area contributed by atoms with Crippen molar-refractivity contribution in [3.63, 3.8) is 0 Å². The van der Waals surface area contributed by atoms with Crippen LogP contribution in [0.1, 0.15) is 35.7 Å². The summed E-state index contributed by atoms with van der Waals surface area (Å²) >= 11 is 0. The summed E-state index contributed by atoms with van der Waals surface area (Å²) in [7, 11) is 1.62.